The van der Waals surface area contributed by atoms with Gasteiger partial charge in [0.05, 0.1) is 24.8 Å². The lowest BCUT2D eigenvalue weighted by Crippen LogP contribution is -2.28. The van der Waals surface area contributed by atoms with Crippen LogP contribution in [0.25, 0.3) is 0 Å². The Kier molecular flexibility index (Phi) is 6.58. The van der Waals surface area contributed by atoms with Gasteiger partial charge in [0.25, 0.3) is 5.91 Å². The molecule has 0 heterocycles. The van der Waals surface area contributed by atoms with Crippen molar-refractivity contribution in [1.29, 1.82) is 5.26 Å². The number of nitriles is 1. The molecule has 1 rings (SSSR count). The van der Waals surface area contributed by atoms with Crippen molar-refractivity contribution in [3.63, 3.8) is 0 Å². The summed E-state index contributed by atoms with van der Waals surface area (Å²) in [5.41, 5.74) is 1.20. The number of amides is 1. The molecule has 0 aliphatic rings. The van der Waals surface area contributed by atoms with Gasteiger partial charge < -0.3 is 14.8 Å². The fourth-order valence-corrected chi connectivity index (χ4v) is 1.38. The molecular formula is C14H18N2O3. The Balaban J connectivity index is 2.38. The number of anilines is 1. The van der Waals surface area contributed by atoms with E-state index in [1.54, 1.807) is 31.2 Å². The molecule has 0 spiro atoms. The summed E-state index contributed by atoms with van der Waals surface area (Å²) in [7, 11) is 0. The molecule has 1 unspecified atom stereocenters. The first-order valence-electron chi connectivity index (χ1n) is 6.17. The fourth-order valence-electron chi connectivity index (χ4n) is 1.38. The molecule has 1 aromatic carbocycles. The maximum absolute atomic E-state index is 11.8. The van der Waals surface area contributed by atoms with Gasteiger partial charge in [-0.3, -0.25) is 4.79 Å². The quantitative estimate of drug-likeness (QED) is 0.762. The minimum atomic E-state index is -0.545. The zero-order valence-electron chi connectivity index (χ0n) is 11.2. The second-order valence-corrected chi connectivity index (χ2v) is 3.89. The molecule has 1 aromatic rings. The summed E-state index contributed by atoms with van der Waals surface area (Å²) in [6.07, 6.45) is -0.545. The van der Waals surface area contributed by atoms with Crippen molar-refractivity contribution in [1.82, 2.24) is 0 Å². The molecule has 1 atom stereocenters. The van der Waals surface area contributed by atoms with Crippen molar-refractivity contribution < 1.29 is 14.3 Å². The predicted molar refractivity (Wildman–Crippen MR) is 71.7 cm³/mol. The lowest BCUT2D eigenvalue weighted by atomic mass is 10.2. The minimum absolute atomic E-state index is 0.221. The molecule has 0 aliphatic heterocycles. The van der Waals surface area contributed by atoms with Crippen molar-refractivity contribution >= 4 is 11.6 Å². The van der Waals surface area contributed by atoms with Crippen molar-refractivity contribution in [2.24, 2.45) is 0 Å². The van der Waals surface area contributed by atoms with Gasteiger partial charge in [0.15, 0.2) is 0 Å². The Labute approximate surface area is 113 Å². The number of carbonyl (C=O) groups is 1. The van der Waals surface area contributed by atoms with Crippen LogP contribution in [0.15, 0.2) is 24.3 Å². The molecule has 102 valence electrons. The highest BCUT2D eigenvalue weighted by atomic mass is 16.5. The summed E-state index contributed by atoms with van der Waals surface area (Å²) in [6.45, 7) is 5.09. The molecule has 0 fully saturated rings. The predicted octanol–water partition coefficient (Wildman–Crippen LogP) is 1.94. The van der Waals surface area contributed by atoms with Crippen LogP contribution in [0.2, 0.25) is 0 Å². The Morgan fingerprint density at radius 3 is 2.63 bits per heavy atom. The van der Waals surface area contributed by atoms with E-state index < -0.39 is 6.10 Å². The molecule has 5 heteroatoms. The van der Waals surface area contributed by atoms with Gasteiger partial charge in [-0.2, -0.15) is 5.26 Å². The molecule has 19 heavy (non-hydrogen) atoms. The van der Waals surface area contributed by atoms with Crippen molar-refractivity contribution in [2.45, 2.75) is 20.0 Å². The SMILES string of the molecule is CCOCCOC(C)C(=O)Nc1ccc(C#N)cc1. The van der Waals surface area contributed by atoms with Crippen molar-refractivity contribution in [2.75, 3.05) is 25.1 Å². The van der Waals surface area contributed by atoms with Crippen LogP contribution in [0, 0.1) is 11.3 Å². The third-order valence-corrected chi connectivity index (χ3v) is 2.45. The number of hydrogen-bond acceptors (Lipinski definition) is 4. The number of nitrogens with zero attached hydrogens (tertiary/aromatic N) is 1. The van der Waals surface area contributed by atoms with Crippen LogP contribution in [-0.4, -0.2) is 31.8 Å². The Bertz CT molecular complexity index is 437. The average molecular weight is 262 g/mol. The van der Waals surface area contributed by atoms with E-state index in [2.05, 4.69) is 5.32 Å². The summed E-state index contributed by atoms with van der Waals surface area (Å²) in [6, 6.07) is 8.68. The van der Waals surface area contributed by atoms with Crippen LogP contribution in [0.1, 0.15) is 19.4 Å². The molecule has 0 aliphatic carbocycles. The molecule has 0 saturated heterocycles. The average Bonchev–Trinajstić information content (AvgIpc) is 2.44. The van der Waals surface area contributed by atoms with E-state index in [9.17, 15) is 4.79 Å². The highest BCUT2D eigenvalue weighted by Gasteiger charge is 2.13. The van der Waals surface area contributed by atoms with Crippen LogP contribution in [0.5, 0.6) is 0 Å². The standard InChI is InChI=1S/C14H18N2O3/c1-3-18-8-9-19-11(2)14(17)16-13-6-4-12(10-15)5-7-13/h4-7,11H,3,8-9H2,1-2H3,(H,16,17). The van der Waals surface area contributed by atoms with Gasteiger partial charge in [0, 0.05) is 12.3 Å². The number of benzene rings is 1. The minimum Gasteiger partial charge on any atom is -0.379 e. The number of hydrogen-bond donors (Lipinski definition) is 1. The van der Waals surface area contributed by atoms with Crippen LogP contribution in [0.3, 0.4) is 0 Å². The lowest BCUT2D eigenvalue weighted by molar-refractivity contribution is -0.127. The van der Waals surface area contributed by atoms with E-state index in [1.165, 1.54) is 0 Å². The summed E-state index contributed by atoms with van der Waals surface area (Å²) in [4.78, 5) is 11.8. The molecule has 1 N–H and O–H groups in total. The van der Waals surface area contributed by atoms with Gasteiger partial charge in [0.1, 0.15) is 6.10 Å². The van der Waals surface area contributed by atoms with E-state index in [1.807, 2.05) is 13.0 Å². The third kappa shape index (κ3) is 5.51. The van der Waals surface area contributed by atoms with Crippen LogP contribution in [-0.2, 0) is 14.3 Å². The number of ether oxygens (including phenoxy) is 2. The molecule has 0 aromatic heterocycles. The molecule has 1 amide bonds. The maximum atomic E-state index is 11.8. The van der Waals surface area contributed by atoms with Gasteiger partial charge in [-0.05, 0) is 38.1 Å². The first-order valence-corrected chi connectivity index (χ1v) is 6.17. The Morgan fingerprint density at radius 1 is 1.37 bits per heavy atom. The van der Waals surface area contributed by atoms with Crippen molar-refractivity contribution in [3.8, 4) is 6.07 Å². The molecular weight excluding hydrogens is 244 g/mol. The smallest absolute Gasteiger partial charge is 0.253 e. The molecule has 0 saturated carbocycles. The van der Waals surface area contributed by atoms with Crippen molar-refractivity contribution in [3.05, 3.63) is 29.8 Å². The monoisotopic (exact) mass is 262 g/mol. The summed E-state index contributed by atoms with van der Waals surface area (Å²) < 4.78 is 10.5. The van der Waals surface area contributed by atoms with E-state index in [-0.39, 0.29) is 5.91 Å². The summed E-state index contributed by atoms with van der Waals surface area (Å²) >= 11 is 0. The van der Waals surface area contributed by atoms with E-state index in [4.69, 9.17) is 14.7 Å². The first kappa shape index (κ1) is 15.2. The lowest BCUT2D eigenvalue weighted by Gasteiger charge is -2.13. The number of nitrogens with one attached hydrogen (secondary N) is 1. The Morgan fingerprint density at radius 2 is 2.05 bits per heavy atom. The number of rotatable bonds is 7. The van der Waals surface area contributed by atoms with Gasteiger partial charge in [-0.25, -0.2) is 0 Å². The van der Waals surface area contributed by atoms with Crippen LogP contribution < -0.4 is 5.32 Å². The van der Waals surface area contributed by atoms with Gasteiger partial charge in [0.2, 0.25) is 0 Å². The van der Waals surface area contributed by atoms with Gasteiger partial charge >= 0.3 is 0 Å². The Hall–Kier alpha value is -1.90. The maximum Gasteiger partial charge on any atom is 0.253 e. The summed E-state index contributed by atoms with van der Waals surface area (Å²) in [5, 5.41) is 11.4. The normalized spacial score (nSPS) is 11.6. The van der Waals surface area contributed by atoms with Crippen LogP contribution >= 0.6 is 0 Å². The second-order valence-electron chi connectivity index (χ2n) is 3.89. The third-order valence-electron chi connectivity index (χ3n) is 2.45. The first-order chi connectivity index (χ1) is 9.17. The zero-order chi connectivity index (χ0) is 14.1. The molecule has 0 bridgehead atoms. The van der Waals surface area contributed by atoms with E-state index >= 15 is 0 Å². The largest absolute Gasteiger partial charge is 0.379 e. The number of carbonyl (C=O) groups excluding carboxylic acids is 1. The molecule has 5 nitrogen and oxygen atoms in total. The van der Waals surface area contributed by atoms with Gasteiger partial charge in [-0.1, -0.05) is 0 Å². The van der Waals surface area contributed by atoms with Crippen LogP contribution in [0.4, 0.5) is 5.69 Å². The fraction of sp³-hybridized carbons (Fsp3) is 0.429. The van der Waals surface area contributed by atoms with E-state index in [0.29, 0.717) is 31.1 Å². The van der Waals surface area contributed by atoms with Gasteiger partial charge in [-0.15, -0.1) is 0 Å². The highest BCUT2D eigenvalue weighted by molar-refractivity contribution is 5.93. The highest BCUT2D eigenvalue weighted by Crippen LogP contribution is 2.09. The topological polar surface area (TPSA) is 71.3 Å². The molecule has 0 radical (unpaired) electrons. The second kappa shape index (κ2) is 8.25. The summed E-state index contributed by atoms with van der Waals surface area (Å²) in [5.74, 6) is -0.221. The van der Waals surface area contributed by atoms with E-state index in [0.717, 1.165) is 0 Å². The zero-order valence-corrected chi connectivity index (χ0v) is 11.2.